The fraction of sp³-hybridized carbons (Fsp3) is 0.824. The number of nitro groups is 1. The molecular formula is C51H85FN6O16. The zero-order valence-corrected chi connectivity index (χ0v) is 45.4. The first-order chi connectivity index (χ1) is 34.6. The summed E-state index contributed by atoms with van der Waals surface area (Å²) in [5.74, 6) is -2.72. The van der Waals surface area contributed by atoms with E-state index in [1.807, 2.05) is 30.7 Å². The molecule has 3 aliphatic rings. The Morgan fingerprint density at radius 1 is 1.01 bits per heavy atom. The normalized spacial score (nSPS) is 39.1. The second-order valence-corrected chi connectivity index (χ2v) is 22.0. The van der Waals surface area contributed by atoms with Gasteiger partial charge in [0.1, 0.15) is 61.2 Å². The molecule has 74 heavy (non-hydrogen) atoms. The van der Waals surface area contributed by atoms with Crippen LogP contribution in [0.1, 0.15) is 107 Å². The summed E-state index contributed by atoms with van der Waals surface area (Å²) in [7, 11) is 5.11. The van der Waals surface area contributed by atoms with Gasteiger partial charge in [-0.15, -0.1) is 5.10 Å². The van der Waals surface area contributed by atoms with Gasteiger partial charge in [-0.3, -0.25) is 14.9 Å². The number of alkyl halides is 1. The molecule has 22 nitrogen and oxygen atoms in total. The second-order valence-electron chi connectivity index (χ2n) is 22.0. The first-order valence-corrected chi connectivity index (χ1v) is 25.9. The molecule has 0 bridgehead atoms. The summed E-state index contributed by atoms with van der Waals surface area (Å²) in [5.41, 5.74) is -4.31. The van der Waals surface area contributed by atoms with Gasteiger partial charge >= 0.3 is 5.97 Å². The van der Waals surface area contributed by atoms with E-state index in [0.717, 1.165) is 0 Å². The Kier molecular flexibility index (Phi) is 21.3. The highest BCUT2D eigenvalue weighted by Gasteiger charge is 2.53. The van der Waals surface area contributed by atoms with E-state index in [1.165, 1.54) is 49.2 Å². The number of aliphatic hydroxyl groups excluding tert-OH is 4. The van der Waals surface area contributed by atoms with E-state index < -0.39 is 132 Å². The number of non-ortho nitro benzene ring substituents is 1. The largest absolute Gasteiger partial charge is 0.491 e. The van der Waals surface area contributed by atoms with Crippen LogP contribution in [0.5, 0.6) is 5.75 Å². The lowest BCUT2D eigenvalue weighted by Crippen LogP contribution is -2.61. The number of halogens is 1. The molecule has 20 atom stereocenters. The summed E-state index contributed by atoms with van der Waals surface area (Å²) in [6.07, 6.45) is -9.37. The predicted molar refractivity (Wildman–Crippen MR) is 266 cm³/mol. The summed E-state index contributed by atoms with van der Waals surface area (Å²) < 4.78 is 59.3. The number of rotatable bonds is 17. The van der Waals surface area contributed by atoms with Crippen LogP contribution in [0.2, 0.25) is 0 Å². The lowest BCUT2D eigenvalue weighted by Gasteiger charge is -2.49. The van der Waals surface area contributed by atoms with Crippen LogP contribution in [0.3, 0.4) is 0 Å². The van der Waals surface area contributed by atoms with Gasteiger partial charge in [-0.25, -0.2) is 9.07 Å². The van der Waals surface area contributed by atoms with Crippen molar-refractivity contribution in [3.63, 3.8) is 0 Å². The van der Waals surface area contributed by atoms with E-state index in [-0.39, 0.29) is 43.2 Å². The smallest absolute Gasteiger partial charge is 0.311 e. The summed E-state index contributed by atoms with van der Waals surface area (Å²) in [4.78, 5) is 28.7. The van der Waals surface area contributed by atoms with Crippen molar-refractivity contribution >= 4 is 11.7 Å². The molecule has 2 aromatic rings. The maximum Gasteiger partial charge on any atom is 0.311 e. The lowest BCUT2D eigenvalue weighted by molar-refractivity contribution is -0.384. The maximum atomic E-state index is 14.5. The zero-order valence-electron chi connectivity index (χ0n) is 45.4. The number of nitro benzene ring substituents is 1. The van der Waals surface area contributed by atoms with E-state index >= 15 is 0 Å². The number of aromatic nitrogens is 3. The molecule has 0 saturated carbocycles. The summed E-state index contributed by atoms with van der Waals surface area (Å²) in [6, 6.07) is 2.98. The van der Waals surface area contributed by atoms with Gasteiger partial charge in [-0.05, 0) is 99.9 Å². The van der Waals surface area contributed by atoms with E-state index in [1.54, 1.807) is 55.5 Å². The molecule has 1 unspecified atom stereocenters. The Balaban J connectivity index is 1.40. The van der Waals surface area contributed by atoms with Gasteiger partial charge in [-0.2, -0.15) is 0 Å². The van der Waals surface area contributed by atoms with Gasteiger partial charge in [0.05, 0.1) is 52.2 Å². The highest BCUT2D eigenvalue weighted by Crippen LogP contribution is 2.40. The first-order valence-electron chi connectivity index (χ1n) is 25.9. The van der Waals surface area contributed by atoms with E-state index in [0.29, 0.717) is 31.6 Å². The van der Waals surface area contributed by atoms with Crippen molar-refractivity contribution in [1.29, 1.82) is 0 Å². The van der Waals surface area contributed by atoms with E-state index in [9.17, 15) is 49.9 Å². The Morgan fingerprint density at radius 3 is 2.28 bits per heavy atom. The number of hydrogen-bond donors (Lipinski definition) is 6. The Labute approximate surface area is 434 Å². The van der Waals surface area contributed by atoms with Crippen molar-refractivity contribution in [1.82, 2.24) is 24.8 Å². The van der Waals surface area contributed by atoms with Crippen LogP contribution < -0.4 is 4.74 Å². The number of ether oxygens (including phenoxy) is 7. The van der Waals surface area contributed by atoms with Crippen LogP contribution in [-0.4, -0.2) is 210 Å². The third kappa shape index (κ3) is 14.5. The minimum Gasteiger partial charge on any atom is -0.491 e. The van der Waals surface area contributed by atoms with E-state index in [4.69, 9.17) is 33.2 Å². The van der Waals surface area contributed by atoms with Crippen molar-refractivity contribution in [2.45, 2.75) is 204 Å². The molecule has 3 saturated heterocycles. The topological polar surface area (TPSA) is 283 Å². The molecule has 6 N–H and O–H groups in total. The molecular weight excluding hydrogens is 972 g/mol. The number of carbonyl (C=O) groups is 1. The number of cyclic esters (lactones) is 1. The third-order valence-electron chi connectivity index (χ3n) is 15.8. The molecule has 0 aliphatic carbocycles. The molecule has 0 radical (unpaired) electrons. The fourth-order valence-electron chi connectivity index (χ4n) is 11.0. The number of methoxy groups -OCH3 is 1. The van der Waals surface area contributed by atoms with Gasteiger partial charge in [0.25, 0.3) is 5.69 Å². The van der Waals surface area contributed by atoms with E-state index in [2.05, 4.69) is 10.3 Å². The number of esters is 1. The van der Waals surface area contributed by atoms with Gasteiger partial charge in [0.2, 0.25) is 0 Å². The average Bonchev–Trinajstić information content (AvgIpc) is 3.82. The monoisotopic (exact) mass is 1060 g/mol. The van der Waals surface area contributed by atoms with Gasteiger partial charge in [-0.1, -0.05) is 26.0 Å². The zero-order chi connectivity index (χ0) is 55.2. The van der Waals surface area contributed by atoms with Crippen molar-refractivity contribution < 1.29 is 77.9 Å². The summed E-state index contributed by atoms with van der Waals surface area (Å²) in [5, 5.41) is 89.8. The highest BCUT2D eigenvalue weighted by molar-refractivity contribution is 5.73. The molecule has 0 amide bonds. The van der Waals surface area contributed by atoms with Crippen LogP contribution in [0, 0.1) is 27.9 Å². The number of likely N-dealkylation sites (N-methyl/N-ethyl adjacent to an activating group) is 2. The fourth-order valence-corrected chi connectivity index (χ4v) is 11.0. The van der Waals surface area contributed by atoms with Gasteiger partial charge in [0.15, 0.2) is 12.6 Å². The predicted octanol–water partition coefficient (Wildman–Crippen LogP) is 2.96. The van der Waals surface area contributed by atoms with Crippen LogP contribution in [-0.2, 0) is 39.6 Å². The standard InChI is InChI=1S/C51H85FN6O16/c1-14-40-51(10,65)44(61)32(6)56(12)25-28(2)22-49(8,64)46(30(4)43(31(5)47(63)72-40)73-41-23-50(9,68-13)45(62)33(7)71-41)74-48-42(60)37(21-29(3)70-48)55(11)20-19-34-26-57(54-53-34)38(24-52)39(59)27-69-36-17-15-35(16-18-36)58(66)67/h15-18,26,28-33,37-46,48,59-62,64-65H,14,19-25,27H2,1-13H3/t28-,29-,30+,31-,32-,33+,37+,38-,39?,40-,41+,42-,43+,44-,45+,46-,48+,49-,50-,51-/m1/s1. The molecule has 0 spiro atoms. The van der Waals surface area contributed by atoms with Crippen LogP contribution in [0.4, 0.5) is 10.1 Å². The Bertz CT molecular complexity index is 2090. The number of hydrogen-bond acceptors (Lipinski definition) is 20. The van der Waals surface area contributed by atoms with Gasteiger partial charge < -0.3 is 73.6 Å². The molecule has 4 heterocycles. The molecule has 422 valence electrons. The molecule has 3 aliphatic heterocycles. The number of carbonyl (C=O) groups excluding carboxylic acids is 1. The second kappa shape index (κ2) is 25.7. The van der Waals surface area contributed by atoms with Crippen molar-refractivity contribution in [3.8, 4) is 5.75 Å². The summed E-state index contributed by atoms with van der Waals surface area (Å²) >= 11 is 0. The van der Waals surface area contributed by atoms with Crippen LogP contribution in [0.25, 0.3) is 0 Å². The molecule has 1 aromatic carbocycles. The first kappa shape index (κ1) is 61.3. The minimum atomic E-state index is -1.87. The minimum absolute atomic E-state index is 0.0629. The van der Waals surface area contributed by atoms with Gasteiger partial charge in [0, 0.05) is 69.4 Å². The quantitative estimate of drug-likeness (QED) is 0.0754. The van der Waals surface area contributed by atoms with Crippen molar-refractivity contribution in [2.24, 2.45) is 17.8 Å². The molecule has 1 aromatic heterocycles. The van der Waals surface area contributed by atoms with Crippen molar-refractivity contribution in [3.05, 3.63) is 46.3 Å². The number of nitrogens with zero attached hydrogens (tertiary/aromatic N) is 6. The van der Waals surface area contributed by atoms with Crippen molar-refractivity contribution in [2.75, 3.05) is 47.6 Å². The Morgan fingerprint density at radius 2 is 1.68 bits per heavy atom. The SMILES string of the molecule is CC[C@H]1OC(=O)[C@H](C)[C@@H](O[C@H]2C[C@@](C)(OC)[C@@H](O)[C@H](C)O2)[C@H](C)[C@@H](O[C@@H]2O[C@H](C)C[C@H](N(C)CCc3cn([C@H](CF)C(O)COc4ccc([N+](=O)[O-])cc4)nn3)[C@H]2O)[C@](C)(O)C[C@@H](C)CN(C)[C@H](C)[C@@H](O)[C@]1(C)O. The van der Waals surface area contributed by atoms with Crippen LogP contribution in [0.15, 0.2) is 30.5 Å². The number of aliphatic hydroxyl groups is 6. The average molecular weight is 1060 g/mol. The Hall–Kier alpha value is -3.56. The highest BCUT2D eigenvalue weighted by atomic mass is 19.1. The third-order valence-corrected chi connectivity index (χ3v) is 15.8. The molecule has 3 fully saturated rings. The maximum absolute atomic E-state index is 14.5. The molecule has 23 heteroatoms. The number of benzene rings is 1. The molecule has 5 rings (SSSR count). The van der Waals surface area contributed by atoms with Crippen LogP contribution >= 0.6 is 0 Å². The summed E-state index contributed by atoms with van der Waals surface area (Å²) in [6.45, 7) is 16.6. The lowest BCUT2D eigenvalue weighted by atomic mass is 9.77.